The molecule has 116 valence electrons. The molecule has 6 nitrogen and oxygen atoms in total. The van der Waals surface area contributed by atoms with Crippen LogP contribution in [0.2, 0.25) is 0 Å². The van der Waals surface area contributed by atoms with Crippen LogP contribution in [-0.2, 0) is 0 Å². The Morgan fingerprint density at radius 1 is 1.27 bits per heavy atom. The SMILES string of the molecule is CC1(CNC(=O)c2ccsn2)CCN(C(=O)c2ccsn2)C1. The zero-order chi connectivity index (χ0) is 15.6. The summed E-state index contributed by atoms with van der Waals surface area (Å²) in [5.41, 5.74) is 0.833. The molecule has 0 aliphatic carbocycles. The number of carbonyl (C=O) groups is 2. The van der Waals surface area contributed by atoms with Crippen LogP contribution >= 0.6 is 23.1 Å². The van der Waals surface area contributed by atoms with Crippen molar-refractivity contribution in [1.29, 1.82) is 0 Å². The zero-order valence-corrected chi connectivity index (χ0v) is 13.7. The van der Waals surface area contributed by atoms with E-state index in [0.717, 1.165) is 6.42 Å². The molecule has 2 aromatic rings. The van der Waals surface area contributed by atoms with Gasteiger partial charge in [-0.25, -0.2) is 0 Å². The molecule has 0 radical (unpaired) electrons. The van der Waals surface area contributed by atoms with Gasteiger partial charge < -0.3 is 10.2 Å². The highest BCUT2D eigenvalue weighted by Crippen LogP contribution is 2.30. The summed E-state index contributed by atoms with van der Waals surface area (Å²) in [6.45, 7) is 3.94. The number of carbonyl (C=O) groups excluding carboxylic acids is 2. The second kappa shape index (κ2) is 6.13. The van der Waals surface area contributed by atoms with Crippen molar-refractivity contribution in [2.24, 2.45) is 5.41 Å². The Morgan fingerprint density at radius 2 is 1.95 bits per heavy atom. The van der Waals surface area contributed by atoms with Gasteiger partial charge in [-0.2, -0.15) is 8.75 Å². The smallest absolute Gasteiger partial charge is 0.273 e. The van der Waals surface area contributed by atoms with Crippen molar-refractivity contribution >= 4 is 34.9 Å². The maximum Gasteiger partial charge on any atom is 0.273 e. The lowest BCUT2D eigenvalue weighted by Crippen LogP contribution is -2.39. The number of likely N-dealkylation sites (tertiary alicyclic amines) is 1. The molecule has 1 aliphatic rings. The molecule has 1 atom stereocenters. The van der Waals surface area contributed by atoms with Crippen LogP contribution in [0.5, 0.6) is 0 Å². The largest absolute Gasteiger partial charge is 0.350 e. The van der Waals surface area contributed by atoms with Crippen LogP contribution in [0.3, 0.4) is 0 Å². The summed E-state index contributed by atoms with van der Waals surface area (Å²) in [6.07, 6.45) is 0.861. The normalized spacial score (nSPS) is 21.0. The van der Waals surface area contributed by atoms with Crippen molar-refractivity contribution in [2.75, 3.05) is 19.6 Å². The van der Waals surface area contributed by atoms with E-state index in [1.54, 1.807) is 22.9 Å². The van der Waals surface area contributed by atoms with Crippen LogP contribution in [0, 0.1) is 5.41 Å². The number of nitrogens with zero attached hydrogens (tertiary/aromatic N) is 3. The van der Waals surface area contributed by atoms with E-state index in [1.807, 2.05) is 4.90 Å². The van der Waals surface area contributed by atoms with Crippen LogP contribution < -0.4 is 5.32 Å². The Bertz CT molecular complexity index is 656. The van der Waals surface area contributed by atoms with E-state index in [2.05, 4.69) is 21.0 Å². The maximum atomic E-state index is 12.3. The van der Waals surface area contributed by atoms with Crippen molar-refractivity contribution in [3.05, 3.63) is 34.3 Å². The summed E-state index contributed by atoms with van der Waals surface area (Å²) in [7, 11) is 0. The van der Waals surface area contributed by atoms with Gasteiger partial charge in [-0.15, -0.1) is 0 Å². The van der Waals surface area contributed by atoms with E-state index >= 15 is 0 Å². The Hall–Kier alpha value is -1.80. The molecule has 0 spiro atoms. The molecule has 8 heteroatoms. The van der Waals surface area contributed by atoms with Gasteiger partial charge >= 0.3 is 0 Å². The molecule has 22 heavy (non-hydrogen) atoms. The lowest BCUT2D eigenvalue weighted by molar-refractivity contribution is 0.0770. The Kier molecular flexibility index (Phi) is 4.21. The molecule has 1 unspecified atom stereocenters. The molecule has 0 saturated carbocycles. The van der Waals surface area contributed by atoms with Gasteiger partial charge in [0.2, 0.25) is 0 Å². The van der Waals surface area contributed by atoms with E-state index in [0.29, 0.717) is 31.0 Å². The van der Waals surface area contributed by atoms with Crippen LogP contribution in [-0.4, -0.2) is 45.1 Å². The Labute approximate surface area is 136 Å². The molecule has 1 aliphatic heterocycles. The molecule has 2 amide bonds. The minimum Gasteiger partial charge on any atom is -0.350 e. The molecule has 1 fully saturated rings. The molecule has 2 aromatic heterocycles. The summed E-state index contributed by atoms with van der Waals surface area (Å²) in [5, 5.41) is 6.50. The fourth-order valence-electron chi connectivity index (χ4n) is 2.54. The van der Waals surface area contributed by atoms with Crippen molar-refractivity contribution in [3.8, 4) is 0 Å². The first-order valence-electron chi connectivity index (χ1n) is 6.96. The molecule has 0 bridgehead atoms. The standard InChI is InChI=1S/C14H16N4O2S2/c1-14(8-15-12(19)10-2-6-21-16-10)4-5-18(9-14)13(20)11-3-7-22-17-11/h2-3,6-7H,4-5,8-9H2,1H3,(H,15,19). The van der Waals surface area contributed by atoms with E-state index in [4.69, 9.17) is 0 Å². The highest BCUT2D eigenvalue weighted by atomic mass is 32.1. The quantitative estimate of drug-likeness (QED) is 0.925. The molecule has 3 heterocycles. The number of nitrogens with one attached hydrogen (secondary N) is 1. The highest BCUT2D eigenvalue weighted by Gasteiger charge is 2.37. The lowest BCUT2D eigenvalue weighted by Gasteiger charge is -2.24. The minimum absolute atomic E-state index is 0.0317. The predicted octanol–water partition coefficient (Wildman–Crippen LogP) is 1.88. The van der Waals surface area contributed by atoms with Gasteiger partial charge in [0.25, 0.3) is 11.8 Å². The maximum absolute atomic E-state index is 12.3. The Balaban J connectivity index is 1.56. The van der Waals surface area contributed by atoms with Crippen molar-refractivity contribution in [1.82, 2.24) is 19.0 Å². The molecular formula is C14H16N4O2S2. The number of aromatic nitrogens is 2. The van der Waals surface area contributed by atoms with Crippen LogP contribution in [0.4, 0.5) is 0 Å². The molecular weight excluding hydrogens is 320 g/mol. The number of hydrogen-bond acceptors (Lipinski definition) is 6. The third-order valence-electron chi connectivity index (χ3n) is 3.85. The van der Waals surface area contributed by atoms with Gasteiger partial charge in [0.15, 0.2) is 0 Å². The first kappa shape index (κ1) is 15.1. The molecule has 3 rings (SSSR count). The average Bonchev–Trinajstić information content (AvgIpc) is 3.25. The fourth-order valence-corrected chi connectivity index (χ4v) is 3.55. The van der Waals surface area contributed by atoms with Crippen molar-refractivity contribution in [3.63, 3.8) is 0 Å². The van der Waals surface area contributed by atoms with Crippen molar-refractivity contribution in [2.45, 2.75) is 13.3 Å². The van der Waals surface area contributed by atoms with Gasteiger partial charge in [-0.3, -0.25) is 9.59 Å². The third-order valence-corrected chi connectivity index (χ3v) is 4.97. The van der Waals surface area contributed by atoms with E-state index in [9.17, 15) is 9.59 Å². The van der Waals surface area contributed by atoms with Crippen LogP contribution in [0.1, 0.15) is 34.3 Å². The molecule has 1 saturated heterocycles. The van der Waals surface area contributed by atoms with Crippen LogP contribution in [0.15, 0.2) is 22.9 Å². The topological polar surface area (TPSA) is 75.2 Å². The number of hydrogen-bond donors (Lipinski definition) is 1. The summed E-state index contributed by atoms with van der Waals surface area (Å²) in [4.78, 5) is 26.1. The second-order valence-corrected chi connectivity index (χ2v) is 7.07. The minimum atomic E-state index is -0.160. The lowest BCUT2D eigenvalue weighted by atomic mass is 9.90. The molecule has 1 N–H and O–H groups in total. The monoisotopic (exact) mass is 336 g/mol. The Morgan fingerprint density at radius 3 is 2.59 bits per heavy atom. The zero-order valence-electron chi connectivity index (χ0n) is 12.1. The highest BCUT2D eigenvalue weighted by molar-refractivity contribution is 7.03. The summed E-state index contributed by atoms with van der Waals surface area (Å²) >= 11 is 2.54. The van der Waals surface area contributed by atoms with Gasteiger partial charge in [0.1, 0.15) is 11.4 Å². The van der Waals surface area contributed by atoms with Gasteiger partial charge in [-0.1, -0.05) is 6.92 Å². The first-order chi connectivity index (χ1) is 10.6. The van der Waals surface area contributed by atoms with E-state index in [-0.39, 0.29) is 17.2 Å². The van der Waals surface area contributed by atoms with E-state index < -0.39 is 0 Å². The van der Waals surface area contributed by atoms with Gasteiger partial charge in [0, 0.05) is 35.8 Å². The first-order valence-corrected chi connectivity index (χ1v) is 8.63. The third kappa shape index (κ3) is 3.17. The predicted molar refractivity (Wildman–Crippen MR) is 85.2 cm³/mol. The number of amides is 2. The average molecular weight is 336 g/mol. The summed E-state index contributed by atoms with van der Waals surface area (Å²) < 4.78 is 8.11. The second-order valence-electron chi connectivity index (χ2n) is 5.74. The summed E-state index contributed by atoms with van der Waals surface area (Å²) in [6, 6.07) is 3.45. The van der Waals surface area contributed by atoms with Gasteiger partial charge in [-0.05, 0) is 41.6 Å². The molecule has 0 aromatic carbocycles. The van der Waals surface area contributed by atoms with Crippen LogP contribution in [0.25, 0.3) is 0 Å². The summed E-state index contributed by atoms with van der Waals surface area (Å²) in [5.74, 6) is -0.192. The van der Waals surface area contributed by atoms with E-state index in [1.165, 1.54) is 23.1 Å². The van der Waals surface area contributed by atoms with Gasteiger partial charge in [0.05, 0.1) is 0 Å². The van der Waals surface area contributed by atoms with Crippen molar-refractivity contribution < 1.29 is 9.59 Å². The number of rotatable bonds is 4. The fraction of sp³-hybridized carbons (Fsp3) is 0.429.